The van der Waals surface area contributed by atoms with Gasteiger partial charge in [-0.05, 0) is 50.2 Å². The van der Waals surface area contributed by atoms with E-state index in [1.54, 1.807) is 43.3 Å². The molecule has 22 heavy (non-hydrogen) atoms. The standard InChI is InChI=1S/C17H17FN2O2/c1-3-22-16-9-7-13(8-10-16)17(21)20-19-12(2)14-5-4-6-15(18)11-14/h4-11H,3H2,1-2H3,(H,20,21)/b19-12+. The number of ether oxygens (including phenoxy) is 1. The summed E-state index contributed by atoms with van der Waals surface area (Å²) < 4.78 is 18.5. The minimum absolute atomic E-state index is 0.334. The molecule has 0 unspecified atom stereocenters. The van der Waals surface area contributed by atoms with Gasteiger partial charge in [-0.2, -0.15) is 5.10 Å². The molecule has 0 spiro atoms. The van der Waals surface area contributed by atoms with E-state index in [2.05, 4.69) is 10.5 Å². The number of nitrogens with one attached hydrogen (secondary N) is 1. The van der Waals surface area contributed by atoms with E-state index < -0.39 is 0 Å². The van der Waals surface area contributed by atoms with Gasteiger partial charge in [-0.1, -0.05) is 12.1 Å². The fourth-order valence-corrected chi connectivity index (χ4v) is 1.85. The van der Waals surface area contributed by atoms with Gasteiger partial charge in [0.25, 0.3) is 5.91 Å². The highest BCUT2D eigenvalue weighted by Gasteiger charge is 2.05. The number of carbonyl (C=O) groups is 1. The summed E-state index contributed by atoms with van der Waals surface area (Å²) in [6, 6.07) is 12.8. The van der Waals surface area contributed by atoms with Crippen LogP contribution in [-0.2, 0) is 0 Å². The van der Waals surface area contributed by atoms with Crippen LogP contribution in [0.5, 0.6) is 5.75 Å². The summed E-state index contributed by atoms with van der Waals surface area (Å²) in [6.45, 7) is 4.17. The first kappa shape index (κ1) is 15.7. The first-order valence-electron chi connectivity index (χ1n) is 6.93. The lowest BCUT2D eigenvalue weighted by Gasteiger charge is -2.05. The van der Waals surface area contributed by atoms with E-state index in [1.165, 1.54) is 12.1 Å². The first-order valence-corrected chi connectivity index (χ1v) is 6.93. The molecule has 1 N–H and O–H groups in total. The predicted molar refractivity (Wildman–Crippen MR) is 83.7 cm³/mol. The molecule has 0 aliphatic carbocycles. The molecule has 1 amide bonds. The van der Waals surface area contributed by atoms with Crippen molar-refractivity contribution >= 4 is 11.6 Å². The fourth-order valence-electron chi connectivity index (χ4n) is 1.85. The highest BCUT2D eigenvalue weighted by Crippen LogP contribution is 2.12. The average molecular weight is 300 g/mol. The Hall–Kier alpha value is -2.69. The molecule has 2 aromatic rings. The zero-order valence-electron chi connectivity index (χ0n) is 12.5. The van der Waals surface area contributed by atoms with Gasteiger partial charge in [0.2, 0.25) is 0 Å². The highest BCUT2D eigenvalue weighted by molar-refractivity contribution is 6.00. The summed E-state index contributed by atoms with van der Waals surface area (Å²) in [5.41, 5.74) is 4.07. The molecule has 0 fully saturated rings. The molecule has 0 aliphatic rings. The molecule has 0 saturated carbocycles. The maximum atomic E-state index is 13.1. The topological polar surface area (TPSA) is 50.7 Å². The smallest absolute Gasteiger partial charge is 0.271 e. The third-order valence-electron chi connectivity index (χ3n) is 3.00. The van der Waals surface area contributed by atoms with Crippen molar-refractivity contribution in [2.24, 2.45) is 5.10 Å². The van der Waals surface area contributed by atoms with Crippen LogP contribution in [0.15, 0.2) is 53.6 Å². The van der Waals surface area contributed by atoms with Crippen LogP contribution in [-0.4, -0.2) is 18.2 Å². The van der Waals surface area contributed by atoms with E-state index in [9.17, 15) is 9.18 Å². The molecule has 0 saturated heterocycles. The molecule has 0 aliphatic heterocycles. The lowest BCUT2D eigenvalue weighted by atomic mass is 10.1. The Balaban J connectivity index is 2.03. The van der Waals surface area contributed by atoms with Crippen LogP contribution in [0.4, 0.5) is 4.39 Å². The Morgan fingerprint density at radius 2 is 1.91 bits per heavy atom. The average Bonchev–Trinajstić information content (AvgIpc) is 2.53. The zero-order chi connectivity index (χ0) is 15.9. The Morgan fingerprint density at radius 1 is 1.18 bits per heavy atom. The maximum Gasteiger partial charge on any atom is 0.271 e. The molecule has 0 atom stereocenters. The summed E-state index contributed by atoms with van der Waals surface area (Å²) in [7, 11) is 0. The third kappa shape index (κ3) is 4.15. The maximum absolute atomic E-state index is 13.1. The van der Waals surface area contributed by atoms with E-state index in [0.717, 1.165) is 0 Å². The van der Waals surface area contributed by atoms with Gasteiger partial charge in [-0.25, -0.2) is 9.82 Å². The molecule has 2 rings (SSSR count). The lowest BCUT2D eigenvalue weighted by molar-refractivity contribution is 0.0955. The Kier molecular flexibility index (Phi) is 5.25. The molecule has 114 valence electrons. The molecule has 0 radical (unpaired) electrons. The molecule has 0 bridgehead atoms. The number of benzene rings is 2. The van der Waals surface area contributed by atoms with Gasteiger partial charge in [0.15, 0.2) is 0 Å². The minimum Gasteiger partial charge on any atom is -0.494 e. The van der Waals surface area contributed by atoms with Crippen LogP contribution in [0, 0.1) is 5.82 Å². The zero-order valence-corrected chi connectivity index (χ0v) is 12.5. The Morgan fingerprint density at radius 3 is 2.55 bits per heavy atom. The molecule has 0 heterocycles. The molecular weight excluding hydrogens is 283 g/mol. The third-order valence-corrected chi connectivity index (χ3v) is 3.00. The predicted octanol–water partition coefficient (Wildman–Crippen LogP) is 3.38. The monoisotopic (exact) mass is 300 g/mol. The molecule has 4 nitrogen and oxygen atoms in total. The molecular formula is C17H17FN2O2. The molecule has 2 aromatic carbocycles. The van der Waals surface area contributed by atoms with E-state index in [-0.39, 0.29) is 11.7 Å². The second-order valence-electron chi connectivity index (χ2n) is 4.61. The van der Waals surface area contributed by atoms with Crippen molar-refractivity contribution in [2.45, 2.75) is 13.8 Å². The number of hydrogen-bond acceptors (Lipinski definition) is 3. The molecule has 0 aromatic heterocycles. The Bertz CT molecular complexity index is 681. The van der Waals surface area contributed by atoms with Gasteiger partial charge in [-0.15, -0.1) is 0 Å². The van der Waals surface area contributed by atoms with Crippen molar-refractivity contribution < 1.29 is 13.9 Å². The number of hydrazone groups is 1. The SMILES string of the molecule is CCOc1ccc(C(=O)N/N=C(\C)c2cccc(F)c2)cc1. The highest BCUT2D eigenvalue weighted by atomic mass is 19.1. The van der Waals surface area contributed by atoms with Gasteiger partial charge in [-0.3, -0.25) is 4.79 Å². The number of hydrogen-bond donors (Lipinski definition) is 1. The summed E-state index contributed by atoms with van der Waals surface area (Å²) >= 11 is 0. The van der Waals surface area contributed by atoms with Crippen LogP contribution >= 0.6 is 0 Å². The second-order valence-corrected chi connectivity index (χ2v) is 4.61. The summed E-state index contributed by atoms with van der Waals surface area (Å²) in [5.74, 6) is 0.0298. The number of carbonyl (C=O) groups excluding carboxylic acids is 1. The van der Waals surface area contributed by atoms with Crippen molar-refractivity contribution in [3.63, 3.8) is 0 Å². The molecule has 5 heteroatoms. The van der Waals surface area contributed by atoms with Crippen molar-refractivity contribution in [3.8, 4) is 5.75 Å². The number of halogens is 1. The van der Waals surface area contributed by atoms with Gasteiger partial charge < -0.3 is 4.74 Å². The Labute approximate surface area is 128 Å². The van der Waals surface area contributed by atoms with Crippen molar-refractivity contribution in [1.29, 1.82) is 0 Å². The van der Waals surface area contributed by atoms with E-state index in [0.29, 0.717) is 29.2 Å². The van der Waals surface area contributed by atoms with E-state index >= 15 is 0 Å². The largest absolute Gasteiger partial charge is 0.494 e. The first-order chi connectivity index (χ1) is 10.6. The quantitative estimate of drug-likeness (QED) is 0.680. The van der Waals surface area contributed by atoms with Gasteiger partial charge in [0, 0.05) is 11.1 Å². The summed E-state index contributed by atoms with van der Waals surface area (Å²) in [6.07, 6.45) is 0. The van der Waals surface area contributed by atoms with Gasteiger partial charge >= 0.3 is 0 Å². The van der Waals surface area contributed by atoms with Gasteiger partial charge in [0.1, 0.15) is 11.6 Å². The van der Waals surface area contributed by atoms with Crippen molar-refractivity contribution in [2.75, 3.05) is 6.61 Å². The van der Waals surface area contributed by atoms with E-state index in [4.69, 9.17) is 4.74 Å². The van der Waals surface area contributed by atoms with Crippen LogP contribution in [0.25, 0.3) is 0 Å². The van der Waals surface area contributed by atoms with Crippen LogP contribution in [0.2, 0.25) is 0 Å². The minimum atomic E-state index is -0.343. The summed E-state index contributed by atoms with van der Waals surface area (Å²) in [5, 5.41) is 3.99. The van der Waals surface area contributed by atoms with Gasteiger partial charge in [0.05, 0.1) is 12.3 Å². The van der Waals surface area contributed by atoms with Crippen LogP contribution in [0.1, 0.15) is 29.8 Å². The lowest BCUT2D eigenvalue weighted by Crippen LogP contribution is -2.19. The normalized spacial score (nSPS) is 11.1. The second kappa shape index (κ2) is 7.36. The number of rotatable bonds is 5. The van der Waals surface area contributed by atoms with Crippen molar-refractivity contribution in [3.05, 3.63) is 65.5 Å². The van der Waals surface area contributed by atoms with Crippen LogP contribution in [0.3, 0.4) is 0 Å². The number of nitrogens with zero attached hydrogens (tertiary/aromatic N) is 1. The summed E-state index contributed by atoms with van der Waals surface area (Å²) in [4.78, 5) is 12.0. The number of amides is 1. The van der Waals surface area contributed by atoms with Crippen molar-refractivity contribution in [1.82, 2.24) is 5.43 Å². The fraction of sp³-hybridized carbons (Fsp3) is 0.176. The van der Waals surface area contributed by atoms with Crippen LogP contribution < -0.4 is 10.2 Å². The van der Waals surface area contributed by atoms with E-state index in [1.807, 2.05) is 6.92 Å².